The van der Waals surface area contributed by atoms with E-state index in [4.69, 9.17) is 0 Å². The monoisotopic (exact) mass is 351 g/mol. The first kappa shape index (κ1) is 17.2. The maximum Gasteiger partial charge on any atom is 0.233 e. The lowest BCUT2D eigenvalue weighted by Crippen LogP contribution is -2.44. The first-order chi connectivity index (χ1) is 12.7. The smallest absolute Gasteiger partial charge is 0.233 e. The molecule has 1 amide bonds. The second-order valence-electron chi connectivity index (χ2n) is 7.76. The number of nitrogens with zero attached hydrogens (tertiary/aromatic N) is 2. The molecule has 0 saturated carbocycles. The van der Waals surface area contributed by atoms with Crippen LogP contribution in [0.15, 0.2) is 60.1 Å². The van der Waals surface area contributed by atoms with E-state index in [1.165, 1.54) is 0 Å². The first-order valence-electron chi connectivity index (χ1n) is 9.87. The molecule has 0 atom stereocenters. The highest BCUT2D eigenvalue weighted by Gasteiger charge is 2.32. The van der Waals surface area contributed by atoms with E-state index in [1.54, 1.807) is 0 Å². The molecule has 2 fully saturated rings. The van der Waals surface area contributed by atoms with E-state index in [0.29, 0.717) is 11.8 Å². The van der Waals surface area contributed by atoms with E-state index in [0.717, 1.165) is 57.4 Å². The van der Waals surface area contributed by atoms with Crippen LogP contribution in [0, 0.1) is 17.8 Å². The zero-order valence-corrected chi connectivity index (χ0v) is 15.2. The number of hydrogen-bond donors (Lipinski definition) is 0. The first-order valence-corrected chi connectivity index (χ1v) is 9.87. The Morgan fingerprint density at radius 3 is 1.85 bits per heavy atom. The second kappa shape index (κ2) is 7.56. The van der Waals surface area contributed by atoms with Gasteiger partial charge in [0.2, 0.25) is 5.91 Å². The molecule has 0 aromatic carbocycles. The van der Waals surface area contributed by atoms with Crippen molar-refractivity contribution in [2.45, 2.75) is 25.7 Å². The van der Waals surface area contributed by atoms with Crippen LogP contribution in [0.1, 0.15) is 25.7 Å². The summed E-state index contributed by atoms with van der Waals surface area (Å²) >= 11 is 0. The van der Waals surface area contributed by atoms with Crippen molar-refractivity contribution in [3.8, 4) is 0 Å². The summed E-state index contributed by atoms with van der Waals surface area (Å²) in [5.74, 6) is 1.78. The highest BCUT2D eigenvalue weighted by molar-refractivity contribution is 5.83. The van der Waals surface area contributed by atoms with Gasteiger partial charge in [-0.15, -0.1) is 0 Å². The summed E-state index contributed by atoms with van der Waals surface area (Å²) in [6, 6.07) is 0. The van der Waals surface area contributed by atoms with Crippen LogP contribution in [0.25, 0.3) is 0 Å². The van der Waals surface area contributed by atoms with Crippen molar-refractivity contribution in [3.05, 3.63) is 60.1 Å². The molecule has 138 valence electrons. The Hall–Kier alpha value is -2.23. The fourth-order valence-electron chi connectivity index (χ4n) is 4.67. The minimum Gasteiger partial charge on any atom is -0.860 e. The van der Waals surface area contributed by atoms with E-state index < -0.39 is 0 Å². The van der Waals surface area contributed by atoms with Crippen molar-refractivity contribution in [1.29, 1.82) is 0 Å². The minimum atomic E-state index is -0.0445. The van der Waals surface area contributed by atoms with Crippen LogP contribution in [0.3, 0.4) is 0 Å². The zero-order chi connectivity index (χ0) is 17.9. The molecule has 4 heteroatoms. The molecule has 4 rings (SSSR count). The number of likely N-dealkylation sites (tertiary alicyclic amines) is 2. The minimum absolute atomic E-state index is 0.0445. The molecule has 2 heterocycles. The van der Waals surface area contributed by atoms with Gasteiger partial charge in [-0.3, -0.25) is 4.79 Å². The predicted molar refractivity (Wildman–Crippen MR) is 101 cm³/mol. The molecule has 0 spiro atoms. The third kappa shape index (κ3) is 3.50. The molecule has 0 radical (unpaired) electrons. The van der Waals surface area contributed by atoms with Crippen molar-refractivity contribution < 1.29 is 9.90 Å². The molecule has 2 saturated heterocycles. The zero-order valence-electron chi connectivity index (χ0n) is 15.2. The summed E-state index contributed by atoms with van der Waals surface area (Å²) in [5, 5.41) is 12.5. The summed E-state index contributed by atoms with van der Waals surface area (Å²) in [6.07, 6.45) is 19.9. The molecule has 26 heavy (non-hydrogen) atoms. The summed E-state index contributed by atoms with van der Waals surface area (Å²) in [6.45, 7) is 3.50. The molecule has 0 aromatic heterocycles. The van der Waals surface area contributed by atoms with Gasteiger partial charge in [-0.1, -0.05) is 48.6 Å². The van der Waals surface area contributed by atoms with E-state index in [9.17, 15) is 9.90 Å². The van der Waals surface area contributed by atoms with Crippen molar-refractivity contribution in [2.24, 2.45) is 17.8 Å². The topological polar surface area (TPSA) is 46.6 Å². The van der Waals surface area contributed by atoms with Gasteiger partial charge in [-0.25, -0.2) is 0 Å². The van der Waals surface area contributed by atoms with Gasteiger partial charge in [0.05, 0.1) is 5.92 Å². The second-order valence-corrected chi connectivity index (χ2v) is 7.76. The SMILES string of the molecule is O=C(C1C=CC=C1)N1CCC(C2CCN(C([O-])=C3C=CC=C3)CC2)CC1. The number of amides is 1. The van der Waals surface area contributed by atoms with Gasteiger partial charge >= 0.3 is 0 Å². The van der Waals surface area contributed by atoms with Crippen LogP contribution in [0.5, 0.6) is 0 Å². The van der Waals surface area contributed by atoms with Gasteiger partial charge in [-0.2, -0.15) is 0 Å². The lowest BCUT2D eigenvalue weighted by molar-refractivity contribution is -0.335. The maximum absolute atomic E-state index is 12.5. The Bertz CT molecular complexity index is 659. The van der Waals surface area contributed by atoms with Crippen LogP contribution in [0.4, 0.5) is 0 Å². The van der Waals surface area contributed by atoms with Crippen LogP contribution in [-0.2, 0) is 4.79 Å². The Labute approximate surface area is 155 Å². The van der Waals surface area contributed by atoms with Crippen LogP contribution < -0.4 is 5.11 Å². The number of hydrogen-bond acceptors (Lipinski definition) is 3. The number of carbonyl (C=O) groups excluding carboxylic acids is 1. The van der Waals surface area contributed by atoms with Crippen molar-refractivity contribution in [2.75, 3.05) is 26.2 Å². The summed E-state index contributed by atoms with van der Waals surface area (Å²) in [7, 11) is 0. The molecule has 0 aromatic rings. The summed E-state index contributed by atoms with van der Waals surface area (Å²) in [4.78, 5) is 16.5. The van der Waals surface area contributed by atoms with Crippen LogP contribution in [-0.4, -0.2) is 41.9 Å². The lowest BCUT2D eigenvalue weighted by Gasteiger charge is -2.43. The third-order valence-corrected chi connectivity index (χ3v) is 6.29. The van der Waals surface area contributed by atoms with Gasteiger partial charge in [0.15, 0.2) is 0 Å². The molecule has 0 bridgehead atoms. The van der Waals surface area contributed by atoms with Gasteiger partial charge in [-0.05, 0) is 49.0 Å². The number of carbonyl (C=O) groups is 1. The van der Waals surface area contributed by atoms with E-state index in [-0.39, 0.29) is 17.7 Å². The largest absolute Gasteiger partial charge is 0.860 e. The van der Waals surface area contributed by atoms with E-state index >= 15 is 0 Å². The normalized spacial score (nSPS) is 24.2. The Balaban J connectivity index is 1.26. The van der Waals surface area contributed by atoms with E-state index in [2.05, 4.69) is 0 Å². The number of rotatable bonds is 3. The molecular weight excluding hydrogens is 324 g/mol. The maximum atomic E-state index is 12.5. The van der Waals surface area contributed by atoms with E-state index in [1.807, 2.05) is 58.4 Å². The summed E-state index contributed by atoms with van der Waals surface area (Å²) < 4.78 is 0. The number of piperidine rings is 2. The average Bonchev–Trinajstić information content (AvgIpc) is 3.41. The Morgan fingerprint density at radius 2 is 1.31 bits per heavy atom. The predicted octanol–water partition coefficient (Wildman–Crippen LogP) is 2.38. The van der Waals surface area contributed by atoms with Crippen molar-refractivity contribution in [1.82, 2.24) is 9.80 Å². The molecular formula is C22H27N2O2-. The standard InChI is InChI=1S/C22H28N2O2/c25-21(19-5-1-2-6-19)23-13-9-17(10-14-23)18-11-15-24(16-12-18)22(26)20-7-3-4-8-20/h1-8,17-19,26H,9-16H2/p-1. The van der Waals surface area contributed by atoms with Crippen LogP contribution >= 0.6 is 0 Å². The fraction of sp³-hybridized carbons (Fsp3) is 0.500. The van der Waals surface area contributed by atoms with Crippen LogP contribution in [0.2, 0.25) is 0 Å². The molecule has 4 aliphatic rings. The highest BCUT2D eigenvalue weighted by Crippen LogP contribution is 2.34. The van der Waals surface area contributed by atoms with Gasteiger partial charge in [0.1, 0.15) is 0 Å². The molecule has 0 N–H and O–H groups in total. The fourth-order valence-corrected chi connectivity index (χ4v) is 4.67. The molecule has 2 aliphatic carbocycles. The quantitative estimate of drug-likeness (QED) is 0.734. The molecule has 4 nitrogen and oxygen atoms in total. The molecule has 2 aliphatic heterocycles. The summed E-state index contributed by atoms with van der Waals surface area (Å²) in [5.41, 5.74) is 0.810. The van der Waals surface area contributed by atoms with Gasteiger partial charge in [0, 0.05) is 26.2 Å². The molecule has 0 unspecified atom stereocenters. The number of allylic oxidation sites excluding steroid dienone is 7. The van der Waals surface area contributed by atoms with Gasteiger partial charge in [0.25, 0.3) is 0 Å². The highest BCUT2D eigenvalue weighted by atomic mass is 16.3. The van der Waals surface area contributed by atoms with Crippen molar-refractivity contribution in [3.63, 3.8) is 0 Å². The third-order valence-electron chi connectivity index (χ3n) is 6.29. The van der Waals surface area contributed by atoms with Gasteiger partial charge < -0.3 is 14.9 Å². The van der Waals surface area contributed by atoms with Crippen molar-refractivity contribution >= 4 is 5.91 Å². The Morgan fingerprint density at radius 1 is 0.808 bits per heavy atom. The average molecular weight is 351 g/mol. The lowest BCUT2D eigenvalue weighted by atomic mass is 9.78. The Kier molecular flexibility index (Phi) is 5.00.